The van der Waals surface area contributed by atoms with E-state index in [-0.39, 0.29) is 6.42 Å². The van der Waals surface area contributed by atoms with E-state index in [2.05, 4.69) is 21.2 Å². The van der Waals surface area contributed by atoms with Crippen molar-refractivity contribution in [1.29, 1.82) is 0 Å². The highest BCUT2D eigenvalue weighted by Crippen LogP contribution is 2.35. The van der Waals surface area contributed by atoms with Crippen molar-refractivity contribution in [2.75, 3.05) is 5.32 Å². The third kappa shape index (κ3) is 2.12. The third-order valence-corrected chi connectivity index (χ3v) is 3.27. The van der Waals surface area contributed by atoms with Crippen molar-refractivity contribution in [1.82, 2.24) is 0 Å². The topological polar surface area (TPSA) is 12.0 Å². The first-order chi connectivity index (χ1) is 6.98. The predicted octanol–water partition coefficient (Wildman–Crippen LogP) is 3.74. The zero-order valence-corrected chi connectivity index (χ0v) is 9.32. The summed E-state index contributed by atoms with van der Waals surface area (Å²) < 4.78 is 38.3. The van der Waals surface area contributed by atoms with E-state index in [9.17, 15) is 13.2 Å². The van der Waals surface area contributed by atoms with Crippen LogP contribution < -0.4 is 5.32 Å². The Labute approximate surface area is 93.8 Å². The van der Waals surface area contributed by atoms with Gasteiger partial charge >= 0.3 is 6.18 Å². The monoisotopic (exact) mass is 279 g/mol. The summed E-state index contributed by atoms with van der Waals surface area (Å²) in [7, 11) is 0. The van der Waals surface area contributed by atoms with Crippen LogP contribution in [0.4, 0.5) is 18.9 Å². The van der Waals surface area contributed by atoms with Gasteiger partial charge in [-0.15, -0.1) is 0 Å². The molecule has 0 fully saturated rings. The minimum atomic E-state index is -4.17. The van der Waals surface area contributed by atoms with Gasteiger partial charge in [0.1, 0.15) is 6.04 Å². The van der Waals surface area contributed by atoms with Gasteiger partial charge in [-0.1, -0.05) is 22.0 Å². The molecule has 1 N–H and O–H groups in total. The van der Waals surface area contributed by atoms with Gasteiger partial charge in [0.2, 0.25) is 0 Å². The molecular formula is C10H9BrF3N. The lowest BCUT2D eigenvalue weighted by Gasteiger charge is -2.29. The maximum atomic E-state index is 12.5. The second-order valence-corrected chi connectivity index (χ2v) is 4.40. The molecule has 1 nitrogen and oxygen atoms in total. The first kappa shape index (κ1) is 10.8. The average Bonchev–Trinajstić information content (AvgIpc) is 2.16. The quantitative estimate of drug-likeness (QED) is 0.763. The summed E-state index contributed by atoms with van der Waals surface area (Å²) in [5.41, 5.74) is 1.51. The molecule has 1 heterocycles. The van der Waals surface area contributed by atoms with Crippen LogP contribution in [0.3, 0.4) is 0 Å². The molecule has 0 saturated carbocycles. The van der Waals surface area contributed by atoms with E-state index in [0.29, 0.717) is 12.1 Å². The van der Waals surface area contributed by atoms with Crippen molar-refractivity contribution in [3.63, 3.8) is 0 Å². The molecule has 0 saturated heterocycles. The highest BCUT2D eigenvalue weighted by atomic mass is 79.9. The van der Waals surface area contributed by atoms with Gasteiger partial charge in [0.15, 0.2) is 0 Å². The Morgan fingerprint density at radius 3 is 2.73 bits per heavy atom. The van der Waals surface area contributed by atoms with Crippen molar-refractivity contribution in [2.24, 2.45) is 0 Å². The molecule has 1 aromatic carbocycles. The van der Waals surface area contributed by atoms with Gasteiger partial charge in [-0.25, -0.2) is 0 Å². The number of rotatable bonds is 0. The maximum absolute atomic E-state index is 12.5. The molecule has 0 amide bonds. The van der Waals surface area contributed by atoms with Crippen LogP contribution in [0.25, 0.3) is 0 Å². The summed E-state index contributed by atoms with van der Waals surface area (Å²) in [5, 5.41) is 2.52. The molecule has 0 aromatic heterocycles. The molecule has 1 aromatic rings. The van der Waals surface area contributed by atoms with Crippen LogP contribution in [0.1, 0.15) is 12.0 Å². The van der Waals surface area contributed by atoms with Gasteiger partial charge in [-0.2, -0.15) is 13.2 Å². The van der Waals surface area contributed by atoms with E-state index < -0.39 is 12.2 Å². The fourth-order valence-electron chi connectivity index (χ4n) is 1.74. The molecule has 2 rings (SSSR count). The zero-order valence-electron chi connectivity index (χ0n) is 7.74. The third-order valence-electron chi connectivity index (χ3n) is 2.53. The SMILES string of the molecule is FC(F)(F)C1CCc2c(Br)cccc2N1. The molecule has 0 bridgehead atoms. The van der Waals surface area contributed by atoms with Gasteiger partial charge in [-0.3, -0.25) is 0 Å². The maximum Gasteiger partial charge on any atom is 0.408 e. The highest BCUT2D eigenvalue weighted by molar-refractivity contribution is 9.10. The van der Waals surface area contributed by atoms with Crippen molar-refractivity contribution >= 4 is 21.6 Å². The van der Waals surface area contributed by atoms with Crippen LogP contribution in [-0.4, -0.2) is 12.2 Å². The number of benzene rings is 1. The molecule has 1 aliphatic rings. The Bertz CT molecular complexity index is 375. The Kier molecular flexibility index (Phi) is 2.66. The van der Waals surface area contributed by atoms with E-state index in [4.69, 9.17) is 0 Å². The summed E-state index contributed by atoms with van der Waals surface area (Å²) in [4.78, 5) is 0. The van der Waals surface area contributed by atoms with E-state index in [1.165, 1.54) is 0 Å². The number of alkyl halides is 3. The average molecular weight is 280 g/mol. The van der Waals surface area contributed by atoms with Gasteiger partial charge in [0, 0.05) is 10.2 Å². The molecule has 0 radical (unpaired) electrons. The first-order valence-corrected chi connectivity index (χ1v) is 5.38. The minimum Gasteiger partial charge on any atom is -0.374 e. The van der Waals surface area contributed by atoms with Crippen LogP contribution in [0, 0.1) is 0 Å². The van der Waals surface area contributed by atoms with E-state index >= 15 is 0 Å². The first-order valence-electron chi connectivity index (χ1n) is 4.59. The second kappa shape index (κ2) is 3.70. The number of hydrogen-bond donors (Lipinski definition) is 1. The molecule has 82 valence electrons. The molecule has 1 atom stereocenters. The standard InChI is InChI=1S/C10H9BrF3N/c11-7-2-1-3-8-6(7)4-5-9(15-8)10(12,13)14/h1-3,9,15H,4-5H2. The van der Waals surface area contributed by atoms with Gasteiger partial charge < -0.3 is 5.32 Å². The molecular weight excluding hydrogens is 271 g/mol. The summed E-state index contributed by atoms with van der Waals surface area (Å²) in [6, 6.07) is 3.83. The number of nitrogens with one attached hydrogen (secondary N) is 1. The van der Waals surface area contributed by atoms with Crippen molar-refractivity contribution in [2.45, 2.75) is 25.1 Å². The summed E-state index contributed by atoms with van der Waals surface area (Å²) >= 11 is 3.33. The number of fused-ring (bicyclic) bond motifs is 1. The smallest absolute Gasteiger partial charge is 0.374 e. The normalized spacial score (nSPS) is 20.7. The molecule has 5 heteroatoms. The van der Waals surface area contributed by atoms with Crippen LogP contribution in [0.15, 0.2) is 22.7 Å². The number of hydrogen-bond acceptors (Lipinski definition) is 1. The molecule has 15 heavy (non-hydrogen) atoms. The number of anilines is 1. The summed E-state index contributed by atoms with van der Waals surface area (Å²) in [6.45, 7) is 0. The molecule has 1 aliphatic heterocycles. The van der Waals surface area contributed by atoms with Gasteiger partial charge in [0.05, 0.1) is 0 Å². The number of halogens is 4. The van der Waals surface area contributed by atoms with Crippen LogP contribution in [0.2, 0.25) is 0 Å². The Morgan fingerprint density at radius 1 is 1.33 bits per heavy atom. The van der Waals surface area contributed by atoms with Crippen molar-refractivity contribution in [3.05, 3.63) is 28.2 Å². The molecule has 0 spiro atoms. The van der Waals surface area contributed by atoms with Crippen LogP contribution in [-0.2, 0) is 6.42 Å². The van der Waals surface area contributed by atoms with Gasteiger partial charge in [0.25, 0.3) is 0 Å². The lowest BCUT2D eigenvalue weighted by atomic mass is 9.98. The van der Waals surface area contributed by atoms with Gasteiger partial charge in [-0.05, 0) is 30.5 Å². The largest absolute Gasteiger partial charge is 0.408 e. The summed E-state index contributed by atoms with van der Waals surface area (Å²) in [6.07, 6.45) is -3.62. The fourth-order valence-corrected chi connectivity index (χ4v) is 2.31. The van der Waals surface area contributed by atoms with E-state index in [1.54, 1.807) is 12.1 Å². The van der Waals surface area contributed by atoms with Crippen molar-refractivity contribution < 1.29 is 13.2 Å². The predicted molar refractivity (Wildman–Crippen MR) is 55.9 cm³/mol. The highest BCUT2D eigenvalue weighted by Gasteiger charge is 2.41. The fraction of sp³-hybridized carbons (Fsp3) is 0.400. The lowest BCUT2D eigenvalue weighted by Crippen LogP contribution is -2.39. The molecule has 1 unspecified atom stereocenters. The van der Waals surface area contributed by atoms with Crippen molar-refractivity contribution in [3.8, 4) is 0 Å². The van der Waals surface area contributed by atoms with E-state index in [1.807, 2.05) is 6.07 Å². The lowest BCUT2D eigenvalue weighted by molar-refractivity contribution is -0.144. The Balaban J connectivity index is 2.28. The second-order valence-electron chi connectivity index (χ2n) is 3.54. The Hall–Kier alpha value is -0.710. The van der Waals surface area contributed by atoms with Crippen LogP contribution >= 0.6 is 15.9 Å². The van der Waals surface area contributed by atoms with E-state index in [0.717, 1.165) is 10.0 Å². The molecule has 0 aliphatic carbocycles. The summed E-state index contributed by atoms with van der Waals surface area (Å²) in [5.74, 6) is 0. The Morgan fingerprint density at radius 2 is 2.07 bits per heavy atom. The minimum absolute atomic E-state index is 0.0963. The van der Waals surface area contributed by atoms with Crippen LogP contribution in [0.5, 0.6) is 0 Å². The zero-order chi connectivity index (χ0) is 11.1.